The molecule has 6 nitrogen and oxygen atoms in total. The number of anilines is 1. The van der Waals surface area contributed by atoms with Crippen molar-refractivity contribution in [3.05, 3.63) is 54.4 Å². The number of nitrogens with zero attached hydrogens (tertiary/aromatic N) is 3. The lowest BCUT2D eigenvalue weighted by Crippen LogP contribution is -2.31. The Morgan fingerprint density at radius 1 is 1.14 bits per heavy atom. The molecule has 3 rings (SSSR count). The van der Waals surface area contributed by atoms with Crippen LogP contribution in [0.5, 0.6) is 5.75 Å². The summed E-state index contributed by atoms with van der Waals surface area (Å²) in [5.74, 6) is 2.67. The molecular weight excluding hydrogens is 350 g/mol. The Kier molecular flexibility index (Phi) is 6.53. The van der Waals surface area contributed by atoms with Gasteiger partial charge in [-0.1, -0.05) is 12.1 Å². The first-order valence-corrected chi connectivity index (χ1v) is 9.73. The summed E-state index contributed by atoms with van der Waals surface area (Å²) in [5, 5.41) is 6.68. The number of hydrogen-bond donors (Lipinski definition) is 2. The van der Waals surface area contributed by atoms with Gasteiger partial charge in [-0.2, -0.15) is 0 Å². The quantitative estimate of drug-likeness (QED) is 0.367. The van der Waals surface area contributed by atoms with Gasteiger partial charge in [-0.15, -0.1) is 0 Å². The molecule has 0 bridgehead atoms. The van der Waals surface area contributed by atoms with Crippen LogP contribution < -0.4 is 15.4 Å². The Labute approximate surface area is 166 Å². The molecule has 1 heterocycles. The summed E-state index contributed by atoms with van der Waals surface area (Å²) in [6.45, 7) is 7.83. The van der Waals surface area contributed by atoms with Crippen molar-refractivity contribution in [2.75, 3.05) is 18.9 Å². The van der Waals surface area contributed by atoms with Gasteiger partial charge < -0.3 is 19.9 Å². The highest BCUT2D eigenvalue weighted by Crippen LogP contribution is 2.17. The van der Waals surface area contributed by atoms with Crippen LogP contribution in [0.15, 0.2) is 53.5 Å². The summed E-state index contributed by atoms with van der Waals surface area (Å²) >= 11 is 0. The van der Waals surface area contributed by atoms with E-state index >= 15 is 0 Å². The Hall–Kier alpha value is -3.02. The number of imidazole rings is 1. The number of aliphatic imine (C=N–C) groups is 1. The number of rotatable bonds is 7. The third-order valence-corrected chi connectivity index (χ3v) is 4.41. The normalized spacial score (nSPS) is 11.8. The maximum absolute atomic E-state index is 5.67. The number of para-hydroxylation sites is 2. The molecule has 2 N–H and O–H groups in total. The number of ether oxygens (including phenoxy) is 1. The number of guanidine groups is 1. The highest BCUT2D eigenvalue weighted by Gasteiger charge is 2.06. The van der Waals surface area contributed by atoms with Crippen molar-refractivity contribution >= 4 is 22.7 Å². The largest absolute Gasteiger partial charge is 0.491 e. The molecule has 0 aliphatic heterocycles. The minimum absolute atomic E-state index is 0.171. The minimum atomic E-state index is 0.171. The molecule has 0 spiro atoms. The molecule has 0 fully saturated rings. The molecule has 6 heteroatoms. The second-order valence-electron chi connectivity index (χ2n) is 6.97. The Morgan fingerprint density at radius 3 is 2.61 bits per heavy atom. The van der Waals surface area contributed by atoms with E-state index in [9.17, 15) is 0 Å². The van der Waals surface area contributed by atoms with Crippen LogP contribution in [-0.2, 0) is 6.54 Å². The summed E-state index contributed by atoms with van der Waals surface area (Å²) in [5.41, 5.74) is 3.21. The van der Waals surface area contributed by atoms with Gasteiger partial charge in [0.15, 0.2) is 5.96 Å². The molecule has 0 radical (unpaired) electrons. The fourth-order valence-corrected chi connectivity index (χ4v) is 3.13. The van der Waals surface area contributed by atoms with E-state index in [1.54, 1.807) is 7.05 Å². The van der Waals surface area contributed by atoms with Crippen LogP contribution in [0.4, 0.5) is 5.69 Å². The van der Waals surface area contributed by atoms with E-state index in [1.807, 2.05) is 44.2 Å². The van der Waals surface area contributed by atoms with Gasteiger partial charge >= 0.3 is 0 Å². The van der Waals surface area contributed by atoms with Crippen LogP contribution >= 0.6 is 0 Å². The van der Waals surface area contributed by atoms with Crippen LogP contribution in [0.1, 0.15) is 26.1 Å². The predicted octanol–water partition coefficient (Wildman–Crippen LogP) is 4.21. The van der Waals surface area contributed by atoms with E-state index in [4.69, 9.17) is 4.74 Å². The Bertz CT molecular complexity index is 928. The monoisotopic (exact) mass is 379 g/mol. The number of fused-ring (bicyclic) bond motifs is 1. The SMILES string of the molecule is CN=C(NCCCn1c(C)nc2ccccc21)Nc1ccc(OC(C)C)cc1. The molecule has 0 aliphatic rings. The second-order valence-corrected chi connectivity index (χ2v) is 6.97. The first kappa shape index (κ1) is 19.7. The number of aryl methyl sites for hydroxylation is 2. The lowest BCUT2D eigenvalue weighted by molar-refractivity contribution is 0.242. The van der Waals surface area contributed by atoms with E-state index in [0.717, 1.165) is 48.2 Å². The zero-order valence-electron chi connectivity index (χ0n) is 17.1. The van der Waals surface area contributed by atoms with E-state index in [2.05, 4.69) is 50.3 Å². The molecule has 3 aromatic rings. The van der Waals surface area contributed by atoms with Crippen LogP contribution in [0.25, 0.3) is 11.0 Å². The summed E-state index contributed by atoms with van der Waals surface area (Å²) in [7, 11) is 1.78. The number of aromatic nitrogens is 2. The van der Waals surface area contributed by atoms with Crippen molar-refractivity contribution in [3.8, 4) is 5.75 Å². The van der Waals surface area contributed by atoms with Crippen molar-refractivity contribution in [3.63, 3.8) is 0 Å². The van der Waals surface area contributed by atoms with Crippen molar-refractivity contribution in [1.29, 1.82) is 0 Å². The molecule has 28 heavy (non-hydrogen) atoms. The van der Waals surface area contributed by atoms with Crippen molar-refractivity contribution in [1.82, 2.24) is 14.9 Å². The van der Waals surface area contributed by atoms with E-state index < -0.39 is 0 Å². The standard InChI is InChI=1S/C22H29N5O/c1-16(2)28-19-12-10-18(11-13-19)26-22(23-4)24-14-7-15-27-17(3)25-20-8-5-6-9-21(20)27/h5-6,8-13,16H,7,14-15H2,1-4H3,(H2,23,24,26). The number of nitrogens with one attached hydrogen (secondary N) is 2. The molecule has 0 saturated heterocycles. The van der Waals surface area contributed by atoms with Gasteiger partial charge in [-0.3, -0.25) is 4.99 Å². The van der Waals surface area contributed by atoms with E-state index in [0.29, 0.717) is 0 Å². The third-order valence-electron chi connectivity index (χ3n) is 4.41. The molecule has 0 saturated carbocycles. The predicted molar refractivity (Wildman–Crippen MR) is 116 cm³/mol. The number of hydrogen-bond acceptors (Lipinski definition) is 3. The fraction of sp³-hybridized carbons (Fsp3) is 0.364. The van der Waals surface area contributed by atoms with Crippen LogP contribution in [-0.4, -0.2) is 35.2 Å². The number of benzene rings is 2. The maximum Gasteiger partial charge on any atom is 0.195 e. The van der Waals surface area contributed by atoms with Gasteiger partial charge in [0, 0.05) is 25.8 Å². The molecular formula is C22H29N5O. The average Bonchev–Trinajstić information content (AvgIpc) is 3.00. The van der Waals surface area contributed by atoms with Gasteiger partial charge in [0.2, 0.25) is 0 Å². The molecule has 148 valence electrons. The third kappa shape index (κ3) is 5.03. The van der Waals surface area contributed by atoms with E-state index in [-0.39, 0.29) is 6.10 Å². The summed E-state index contributed by atoms with van der Waals surface area (Å²) in [6, 6.07) is 16.2. The lowest BCUT2D eigenvalue weighted by Gasteiger charge is -2.14. The first-order chi connectivity index (χ1) is 13.6. The lowest BCUT2D eigenvalue weighted by atomic mass is 10.3. The summed E-state index contributed by atoms with van der Waals surface area (Å²) in [6.07, 6.45) is 1.15. The van der Waals surface area contributed by atoms with Gasteiger partial charge in [-0.25, -0.2) is 4.98 Å². The zero-order chi connectivity index (χ0) is 19.9. The van der Waals surface area contributed by atoms with Crippen LogP contribution in [0.3, 0.4) is 0 Å². The molecule has 0 atom stereocenters. The molecule has 1 aromatic heterocycles. The van der Waals surface area contributed by atoms with Crippen molar-refractivity contribution in [2.24, 2.45) is 4.99 Å². The smallest absolute Gasteiger partial charge is 0.195 e. The maximum atomic E-state index is 5.67. The van der Waals surface area contributed by atoms with Crippen molar-refractivity contribution in [2.45, 2.75) is 39.8 Å². The highest BCUT2D eigenvalue weighted by atomic mass is 16.5. The van der Waals surface area contributed by atoms with E-state index in [1.165, 1.54) is 5.52 Å². The minimum Gasteiger partial charge on any atom is -0.491 e. The molecule has 0 amide bonds. The summed E-state index contributed by atoms with van der Waals surface area (Å²) < 4.78 is 7.94. The van der Waals surface area contributed by atoms with Crippen LogP contribution in [0.2, 0.25) is 0 Å². The Morgan fingerprint density at radius 2 is 1.89 bits per heavy atom. The topological polar surface area (TPSA) is 63.5 Å². The fourth-order valence-electron chi connectivity index (χ4n) is 3.13. The average molecular weight is 380 g/mol. The van der Waals surface area contributed by atoms with Gasteiger partial charge in [0.1, 0.15) is 11.6 Å². The molecule has 0 unspecified atom stereocenters. The first-order valence-electron chi connectivity index (χ1n) is 9.73. The Balaban J connectivity index is 1.50. The summed E-state index contributed by atoms with van der Waals surface area (Å²) in [4.78, 5) is 8.92. The second kappa shape index (κ2) is 9.26. The highest BCUT2D eigenvalue weighted by molar-refractivity contribution is 5.93. The molecule has 2 aromatic carbocycles. The van der Waals surface area contributed by atoms with Gasteiger partial charge in [0.05, 0.1) is 17.1 Å². The van der Waals surface area contributed by atoms with Crippen molar-refractivity contribution < 1.29 is 4.74 Å². The van der Waals surface area contributed by atoms with Crippen LogP contribution in [0, 0.1) is 6.92 Å². The van der Waals surface area contributed by atoms with Gasteiger partial charge in [0.25, 0.3) is 0 Å². The molecule has 0 aliphatic carbocycles. The zero-order valence-corrected chi connectivity index (χ0v) is 17.1. The van der Waals surface area contributed by atoms with Gasteiger partial charge in [-0.05, 0) is 63.6 Å².